The second-order valence-corrected chi connectivity index (χ2v) is 5.92. The van der Waals surface area contributed by atoms with Crippen molar-refractivity contribution in [3.63, 3.8) is 0 Å². The van der Waals surface area contributed by atoms with Gasteiger partial charge in [0, 0.05) is 36.8 Å². The SMILES string of the molecule is CC(CC(=O)Nc1cccc([N+](=O)[O-])c1)NCC1(O)CCC1. The van der Waals surface area contributed by atoms with Crippen LogP contribution < -0.4 is 10.6 Å². The molecular formula is C15H21N3O4. The molecule has 1 amide bonds. The topological polar surface area (TPSA) is 104 Å². The predicted octanol–water partition coefficient (Wildman–Crippen LogP) is 1.82. The number of hydrogen-bond acceptors (Lipinski definition) is 5. The second kappa shape index (κ2) is 6.85. The summed E-state index contributed by atoms with van der Waals surface area (Å²) in [6.45, 7) is 2.35. The highest BCUT2D eigenvalue weighted by atomic mass is 16.6. The highest BCUT2D eigenvalue weighted by molar-refractivity contribution is 5.91. The molecule has 7 nitrogen and oxygen atoms in total. The molecular weight excluding hydrogens is 286 g/mol. The van der Waals surface area contributed by atoms with Crippen molar-refractivity contribution >= 4 is 17.3 Å². The van der Waals surface area contributed by atoms with Gasteiger partial charge < -0.3 is 15.7 Å². The Hall–Kier alpha value is -1.99. The van der Waals surface area contributed by atoms with Crippen LogP contribution in [-0.4, -0.2) is 34.1 Å². The molecule has 0 saturated heterocycles. The summed E-state index contributed by atoms with van der Waals surface area (Å²) in [5, 5.41) is 26.5. The summed E-state index contributed by atoms with van der Waals surface area (Å²) in [5.74, 6) is -0.221. The molecule has 0 spiro atoms. The fourth-order valence-electron chi connectivity index (χ4n) is 2.39. The number of non-ortho nitro benzene ring substituents is 1. The summed E-state index contributed by atoms with van der Waals surface area (Å²) >= 11 is 0. The molecule has 0 bridgehead atoms. The van der Waals surface area contributed by atoms with Crippen LogP contribution in [0.1, 0.15) is 32.6 Å². The fourth-order valence-corrected chi connectivity index (χ4v) is 2.39. The van der Waals surface area contributed by atoms with Gasteiger partial charge in [-0.3, -0.25) is 14.9 Å². The maximum atomic E-state index is 11.9. The van der Waals surface area contributed by atoms with Gasteiger partial charge in [-0.2, -0.15) is 0 Å². The molecule has 120 valence electrons. The zero-order valence-electron chi connectivity index (χ0n) is 12.5. The lowest BCUT2D eigenvalue weighted by molar-refractivity contribution is -0.384. The normalized spacial score (nSPS) is 17.4. The molecule has 0 radical (unpaired) electrons. The zero-order valence-corrected chi connectivity index (χ0v) is 12.5. The second-order valence-electron chi connectivity index (χ2n) is 5.92. The van der Waals surface area contributed by atoms with Crippen molar-refractivity contribution in [2.75, 3.05) is 11.9 Å². The number of carbonyl (C=O) groups excluding carboxylic acids is 1. The van der Waals surface area contributed by atoms with Crippen molar-refractivity contribution in [1.29, 1.82) is 0 Å². The first-order valence-corrected chi connectivity index (χ1v) is 7.38. The summed E-state index contributed by atoms with van der Waals surface area (Å²) in [5.41, 5.74) is -0.273. The summed E-state index contributed by atoms with van der Waals surface area (Å²) in [6, 6.07) is 5.76. The van der Waals surface area contributed by atoms with E-state index in [1.54, 1.807) is 6.07 Å². The summed E-state index contributed by atoms with van der Waals surface area (Å²) < 4.78 is 0. The van der Waals surface area contributed by atoms with Gasteiger partial charge in [0.15, 0.2) is 0 Å². The number of nitro groups is 1. The van der Waals surface area contributed by atoms with Gasteiger partial charge in [-0.05, 0) is 32.3 Å². The van der Waals surface area contributed by atoms with Gasteiger partial charge in [0.05, 0.1) is 10.5 Å². The average molecular weight is 307 g/mol. The third-order valence-electron chi connectivity index (χ3n) is 3.90. The summed E-state index contributed by atoms with van der Waals surface area (Å²) in [4.78, 5) is 22.1. The third-order valence-corrected chi connectivity index (χ3v) is 3.90. The number of hydrogen-bond donors (Lipinski definition) is 3. The van der Waals surface area contributed by atoms with E-state index in [0.29, 0.717) is 12.2 Å². The van der Waals surface area contributed by atoms with E-state index < -0.39 is 10.5 Å². The number of aliphatic hydroxyl groups is 1. The van der Waals surface area contributed by atoms with Crippen LogP contribution in [0, 0.1) is 10.1 Å². The van der Waals surface area contributed by atoms with Gasteiger partial charge in [0.1, 0.15) is 0 Å². The van der Waals surface area contributed by atoms with Crippen molar-refractivity contribution < 1.29 is 14.8 Å². The fraction of sp³-hybridized carbons (Fsp3) is 0.533. The Kier molecular flexibility index (Phi) is 5.10. The molecule has 1 saturated carbocycles. The van der Waals surface area contributed by atoms with Gasteiger partial charge in [-0.15, -0.1) is 0 Å². The number of amides is 1. The number of benzene rings is 1. The van der Waals surface area contributed by atoms with E-state index in [4.69, 9.17) is 0 Å². The molecule has 7 heteroatoms. The zero-order chi connectivity index (χ0) is 16.2. The van der Waals surface area contributed by atoms with Crippen LogP contribution in [0.4, 0.5) is 11.4 Å². The molecule has 0 heterocycles. The minimum absolute atomic E-state index is 0.0591. The lowest BCUT2D eigenvalue weighted by atomic mass is 9.80. The largest absolute Gasteiger partial charge is 0.389 e. The maximum Gasteiger partial charge on any atom is 0.271 e. The standard InChI is InChI=1S/C15H21N3O4/c1-11(16-10-15(20)6-3-7-15)8-14(19)17-12-4-2-5-13(9-12)18(21)22/h2,4-5,9,11,16,20H,3,6-8,10H2,1H3,(H,17,19). The number of rotatable bonds is 7. The van der Waals surface area contributed by atoms with Crippen LogP contribution in [0.3, 0.4) is 0 Å². The van der Waals surface area contributed by atoms with Gasteiger partial charge in [0.25, 0.3) is 5.69 Å². The molecule has 1 aliphatic rings. The molecule has 1 atom stereocenters. The van der Waals surface area contributed by atoms with Gasteiger partial charge in [-0.1, -0.05) is 6.07 Å². The van der Waals surface area contributed by atoms with Crippen LogP contribution >= 0.6 is 0 Å². The van der Waals surface area contributed by atoms with E-state index in [2.05, 4.69) is 10.6 Å². The smallest absolute Gasteiger partial charge is 0.271 e. The Bertz CT molecular complexity index is 557. The third kappa shape index (κ3) is 4.51. The van der Waals surface area contributed by atoms with Crippen molar-refractivity contribution in [3.8, 4) is 0 Å². The minimum Gasteiger partial charge on any atom is -0.389 e. The molecule has 2 rings (SSSR count). The lowest BCUT2D eigenvalue weighted by Crippen LogP contribution is -2.48. The van der Waals surface area contributed by atoms with E-state index in [1.165, 1.54) is 18.2 Å². The Morgan fingerprint density at radius 1 is 1.50 bits per heavy atom. The van der Waals surface area contributed by atoms with Crippen molar-refractivity contribution in [3.05, 3.63) is 34.4 Å². The van der Waals surface area contributed by atoms with E-state index in [0.717, 1.165) is 19.3 Å². The van der Waals surface area contributed by atoms with E-state index in [-0.39, 0.29) is 24.1 Å². The van der Waals surface area contributed by atoms with Crippen LogP contribution in [0.25, 0.3) is 0 Å². The molecule has 1 aliphatic carbocycles. The number of nitrogens with zero attached hydrogens (tertiary/aromatic N) is 1. The highest BCUT2D eigenvalue weighted by Crippen LogP contribution is 2.30. The number of carbonyl (C=O) groups is 1. The number of nitro benzene ring substituents is 1. The number of anilines is 1. The first-order chi connectivity index (χ1) is 10.4. The molecule has 1 aromatic rings. The first-order valence-electron chi connectivity index (χ1n) is 7.38. The van der Waals surface area contributed by atoms with Gasteiger partial charge >= 0.3 is 0 Å². The summed E-state index contributed by atoms with van der Waals surface area (Å²) in [7, 11) is 0. The van der Waals surface area contributed by atoms with Crippen LogP contribution in [0.5, 0.6) is 0 Å². The molecule has 1 unspecified atom stereocenters. The summed E-state index contributed by atoms with van der Waals surface area (Å²) in [6.07, 6.45) is 2.87. The van der Waals surface area contributed by atoms with Crippen molar-refractivity contribution in [2.24, 2.45) is 0 Å². The van der Waals surface area contributed by atoms with Crippen molar-refractivity contribution in [1.82, 2.24) is 5.32 Å². The van der Waals surface area contributed by atoms with E-state index >= 15 is 0 Å². The molecule has 1 aromatic carbocycles. The monoisotopic (exact) mass is 307 g/mol. The van der Waals surface area contributed by atoms with Crippen LogP contribution in [0.2, 0.25) is 0 Å². The molecule has 0 aromatic heterocycles. The Morgan fingerprint density at radius 2 is 2.23 bits per heavy atom. The van der Waals surface area contributed by atoms with Crippen molar-refractivity contribution in [2.45, 2.75) is 44.2 Å². The molecule has 1 fully saturated rings. The van der Waals surface area contributed by atoms with Crippen LogP contribution in [-0.2, 0) is 4.79 Å². The molecule has 3 N–H and O–H groups in total. The predicted molar refractivity (Wildman–Crippen MR) is 82.6 cm³/mol. The molecule has 22 heavy (non-hydrogen) atoms. The van der Waals surface area contributed by atoms with E-state index in [9.17, 15) is 20.0 Å². The maximum absolute atomic E-state index is 11.9. The highest BCUT2D eigenvalue weighted by Gasteiger charge is 2.34. The first kappa shape index (κ1) is 16.4. The van der Waals surface area contributed by atoms with Crippen LogP contribution in [0.15, 0.2) is 24.3 Å². The minimum atomic E-state index is -0.620. The Balaban J connectivity index is 1.79. The van der Waals surface area contributed by atoms with Gasteiger partial charge in [-0.25, -0.2) is 0 Å². The number of nitrogens with one attached hydrogen (secondary N) is 2. The lowest BCUT2D eigenvalue weighted by Gasteiger charge is -2.37. The molecule has 0 aliphatic heterocycles. The Labute approximate surface area is 128 Å². The van der Waals surface area contributed by atoms with E-state index in [1.807, 2.05) is 6.92 Å². The quantitative estimate of drug-likeness (QED) is 0.526. The van der Waals surface area contributed by atoms with Gasteiger partial charge in [0.2, 0.25) is 5.91 Å². The Morgan fingerprint density at radius 3 is 2.82 bits per heavy atom. The average Bonchev–Trinajstić information content (AvgIpc) is 2.43.